The van der Waals surface area contributed by atoms with Crippen molar-refractivity contribution in [2.75, 3.05) is 18.0 Å². The second kappa shape index (κ2) is 9.47. The van der Waals surface area contributed by atoms with Crippen molar-refractivity contribution in [1.82, 2.24) is 10.6 Å². The number of hydrogen-bond acceptors (Lipinski definition) is 2. The van der Waals surface area contributed by atoms with E-state index in [0.717, 1.165) is 35.2 Å². The topological polar surface area (TPSA) is 61.4 Å². The van der Waals surface area contributed by atoms with Gasteiger partial charge in [0, 0.05) is 30.9 Å². The highest BCUT2D eigenvalue weighted by atomic mass is 16.2. The van der Waals surface area contributed by atoms with Gasteiger partial charge in [0.25, 0.3) is 5.91 Å². The summed E-state index contributed by atoms with van der Waals surface area (Å²) in [6.07, 6.45) is 1.64. The van der Waals surface area contributed by atoms with Crippen LogP contribution in [0.2, 0.25) is 0 Å². The summed E-state index contributed by atoms with van der Waals surface area (Å²) in [5.74, 6) is 0.0196. The second-order valence-electron chi connectivity index (χ2n) is 7.88. The van der Waals surface area contributed by atoms with E-state index in [4.69, 9.17) is 0 Å². The molecule has 5 heteroatoms. The van der Waals surface area contributed by atoms with Gasteiger partial charge in [0.15, 0.2) is 0 Å². The molecule has 2 N–H and O–H groups in total. The number of nitrogens with one attached hydrogen (secondary N) is 2. The number of urea groups is 1. The average molecular weight is 414 g/mol. The molecular formula is C26H27N3O2. The maximum Gasteiger partial charge on any atom is 0.315 e. The number of aryl methyl sites for hydroxylation is 1. The normalized spacial score (nSPS) is 12.4. The van der Waals surface area contributed by atoms with E-state index in [1.54, 1.807) is 0 Å². The molecule has 4 rings (SSSR count). The fraction of sp³-hybridized carbons (Fsp3) is 0.231. The summed E-state index contributed by atoms with van der Waals surface area (Å²) in [5, 5.41) is 5.80. The Hall–Kier alpha value is -3.60. The molecule has 0 aliphatic carbocycles. The second-order valence-corrected chi connectivity index (χ2v) is 7.88. The number of carbonyl (C=O) groups is 2. The fourth-order valence-corrected chi connectivity index (χ4v) is 3.89. The van der Waals surface area contributed by atoms with Crippen LogP contribution in [0.4, 0.5) is 10.5 Å². The van der Waals surface area contributed by atoms with E-state index >= 15 is 0 Å². The van der Waals surface area contributed by atoms with Crippen LogP contribution < -0.4 is 15.5 Å². The summed E-state index contributed by atoms with van der Waals surface area (Å²) < 4.78 is 0. The van der Waals surface area contributed by atoms with Crippen molar-refractivity contribution in [2.45, 2.75) is 26.3 Å². The molecule has 3 aromatic carbocycles. The maximum absolute atomic E-state index is 13.0. The number of nitrogens with zero attached hydrogens (tertiary/aromatic N) is 1. The first-order valence-corrected chi connectivity index (χ1v) is 10.7. The molecule has 0 atom stereocenters. The Kier molecular flexibility index (Phi) is 6.32. The van der Waals surface area contributed by atoms with E-state index in [9.17, 15) is 9.59 Å². The van der Waals surface area contributed by atoms with Crippen LogP contribution in [0, 0.1) is 6.92 Å². The van der Waals surface area contributed by atoms with Crippen molar-refractivity contribution in [3.8, 4) is 0 Å². The van der Waals surface area contributed by atoms with Crippen molar-refractivity contribution in [2.24, 2.45) is 0 Å². The van der Waals surface area contributed by atoms with E-state index in [0.29, 0.717) is 25.2 Å². The Morgan fingerprint density at radius 2 is 1.74 bits per heavy atom. The third kappa shape index (κ3) is 5.12. The highest BCUT2D eigenvalue weighted by molar-refractivity contribution is 6.07. The van der Waals surface area contributed by atoms with Crippen molar-refractivity contribution in [3.05, 3.63) is 101 Å². The van der Waals surface area contributed by atoms with E-state index in [1.807, 2.05) is 78.6 Å². The standard InChI is InChI=1S/C26H27N3O2/c1-19-6-5-9-23(16-19)25(30)29-15-13-22-11-10-21(17-24(22)29)18-28-26(31)27-14-12-20-7-3-2-4-8-20/h2-11,16-17H,12-15,18H2,1H3,(H2,27,28,31). The van der Waals surface area contributed by atoms with Gasteiger partial charge in [-0.1, -0.05) is 60.2 Å². The molecular weight excluding hydrogens is 386 g/mol. The third-order valence-electron chi connectivity index (χ3n) is 5.55. The number of fused-ring (bicyclic) bond motifs is 1. The number of amides is 3. The van der Waals surface area contributed by atoms with Crippen LogP contribution in [0.5, 0.6) is 0 Å². The van der Waals surface area contributed by atoms with Gasteiger partial charge in [-0.05, 0) is 54.7 Å². The van der Waals surface area contributed by atoms with Gasteiger partial charge >= 0.3 is 6.03 Å². The monoisotopic (exact) mass is 413 g/mol. The zero-order valence-electron chi connectivity index (χ0n) is 17.7. The van der Waals surface area contributed by atoms with Gasteiger partial charge in [-0.25, -0.2) is 4.79 Å². The largest absolute Gasteiger partial charge is 0.338 e. The SMILES string of the molecule is Cc1cccc(C(=O)N2CCc3ccc(CNC(=O)NCCc4ccccc4)cc32)c1. The lowest BCUT2D eigenvalue weighted by molar-refractivity contribution is 0.0989. The van der Waals surface area contributed by atoms with Gasteiger partial charge in [0.1, 0.15) is 0 Å². The number of carbonyl (C=O) groups excluding carboxylic acids is 2. The summed E-state index contributed by atoms with van der Waals surface area (Å²) in [4.78, 5) is 27.0. The molecule has 1 aliphatic heterocycles. The molecule has 1 aliphatic rings. The molecule has 0 radical (unpaired) electrons. The Morgan fingerprint density at radius 3 is 2.55 bits per heavy atom. The van der Waals surface area contributed by atoms with Crippen molar-refractivity contribution in [3.63, 3.8) is 0 Å². The molecule has 0 aromatic heterocycles. The van der Waals surface area contributed by atoms with Crippen LogP contribution in [-0.4, -0.2) is 25.0 Å². The maximum atomic E-state index is 13.0. The third-order valence-corrected chi connectivity index (χ3v) is 5.55. The Labute approximate surface area is 183 Å². The Balaban J connectivity index is 1.34. The highest BCUT2D eigenvalue weighted by Gasteiger charge is 2.25. The van der Waals surface area contributed by atoms with Gasteiger partial charge in [-0.15, -0.1) is 0 Å². The lowest BCUT2D eigenvalue weighted by Crippen LogP contribution is -2.36. The number of rotatable bonds is 6. The first kappa shape index (κ1) is 20.7. The molecule has 0 spiro atoms. The van der Waals surface area contributed by atoms with Crippen LogP contribution >= 0.6 is 0 Å². The van der Waals surface area contributed by atoms with Gasteiger partial charge in [0.2, 0.25) is 0 Å². The molecule has 3 aromatic rings. The molecule has 0 fully saturated rings. The number of anilines is 1. The smallest absolute Gasteiger partial charge is 0.315 e. The molecule has 5 nitrogen and oxygen atoms in total. The quantitative estimate of drug-likeness (QED) is 0.635. The minimum atomic E-state index is -0.191. The Bertz CT molecular complexity index is 1080. The first-order chi connectivity index (χ1) is 15.1. The van der Waals surface area contributed by atoms with Crippen LogP contribution in [-0.2, 0) is 19.4 Å². The zero-order chi connectivity index (χ0) is 21.6. The minimum Gasteiger partial charge on any atom is -0.338 e. The number of hydrogen-bond donors (Lipinski definition) is 2. The predicted molar refractivity (Wildman–Crippen MR) is 123 cm³/mol. The molecule has 3 amide bonds. The van der Waals surface area contributed by atoms with Crippen LogP contribution in [0.25, 0.3) is 0 Å². The fourth-order valence-electron chi connectivity index (χ4n) is 3.89. The van der Waals surface area contributed by atoms with E-state index in [2.05, 4.69) is 16.7 Å². The van der Waals surface area contributed by atoms with Crippen molar-refractivity contribution in [1.29, 1.82) is 0 Å². The zero-order valence-corrected chi connectivity index (χ0v) is 17.7. The molecule has 0 saturated carbocycles. The Morgan fingerprint density at radius 1 is 0.903 bits per heavy atom. The average Bonchev–Trinajstić information content (AvgIpc) is 3.21. The summed E-state index contributed by atoms with van der Waals surface area (Å²) in [6, 6.07) is 23.7. The van der Waals surface area contributed by atoms with Crippen LogP contribution in [0.1, 0.15) is 32.6 Å². The summed E-state index contributed by atoms with van der Waals surface area (Å²) in [7, 11) is 0. The number of benzene rings is 3. The summed E-state index contributed by atoms with van der Waals surface area (Å²) >= 11 is 0. The van der Waals surface area contributed by atoms with Crippen molar-refractivity contribution < 1.29 is 9.59 Å². The minimum absolute atomic E-state index is 0.0196. The van der Waals surface area contributed by atoms with Crippen LogP contribution in [0.15, 0.2) is 72.8 Å². The van der Waals surface area contributed by atoms with E-state index in [1.165, 1.54) is 5.56 Å². The molecule has 31 heavy (non-hydrogen) atoms. The lowest BCUT2D eigenvalue weighted by Gasteiger charge is -2.18. The van der Waals surface area contributed by atoms with Crippen LogP contribution in [0.3, 0.4) is 0 Å². The molecule has 0 unspecified atom stereocenters. The molecule has 158 valence electrons. The molecule has 1 heterocycles. The van der Waals surface area contributed by atoms with Crippen molar-refractivity contribution >= 4 is 17.6 Å². The molecule has 0 saturated heterocycles. The first-order valence-electron chi connectivity index (χ1n) is 10.7. The van der Waals surface area contributed by atoms with Gasteiger partial charge in [0.05, 0.1) is 0 Å². The van der Waals surface area contributed by atoms with E-state index in [-0.39, 0.29) is 11.9 Å². The lowest BCUT2D eigenvalue weighted by atomic mass is 10.1. The summed E-state index contributed by atoms with van der Waals surface area (Å²) in [6.45, 7) is 3.66. The van der Waals surface area contributed by atoms with Gasteiger partial charge in [-0.2, -0.15) is 0 Å². The molecule has 0 bridgehead atoms. The predicted octanol–water partition coefficient (Wildman–Crippen LogP) is 4.24. The highest BCUT2D eigenvalue weighted by Crippen LogP contribution is 2.30. The van der Waals surface area contributed by atoms with Gasteiger partial charge in [-0.3, -0.25) is 4.79 Å². The van der Waals surface area contributed by atoms with E-state index < -0.39 is 0 Å². The summed E-state index contributed by atoms with van der Waals surface area (Å²) in [5.41, 5.74) is 6.05. The van der Waals surface area contributed by atoms with Gasteiger partial charge < -0.3 is 15.5 Å².